The molecule has 1 saturated heterocycles. The lowest BCUT2D eigenvalue weighted by molar-refractivity contribution is -0.137. The summed E-state index contributed by atoms with van der Waals surface area (Å²) in [6.45, 7) is 0.195. The van der Waals surface area contributed by atoms with Crippen molar-refractivity contribution in [2.24, 2.45) is 0 Å². The van der Waals surface area contributed by atoms with Gasteiger partial charge in [-0.15, -0.1) is 0 Å². The molecule has 0 spiro atoms. The average molecular weight is 393 g/mol. The largest absolute Gasteiger partial charge is 0.332 e. The van der Waals surface area contributed by atoms with Crippen molar-refractivity contribution in [2.45, 2.75) is 36.5 Å². The summed E-state index contributed by atoms with van der Waals surface area (Å²) in [6, 6.07) is 7.90. The molecule has 2 aliphatic rings. The van der Waals surface area contributed by atoms with Crippen molar-refractivity contribution >= 4 is 41.6 Å². The van der Waals surface area contributed by atoms with Gasteiger partial charge >= 0.3 is 0 Å². The summed E-state index contributed by atoms with van der Waals surface area (Å²) < 4.78 is 24.0. The molecule has 1 saturated carbocycles. The summed E-state index contributed by atoms with van der Waals surface area (Å²) in [5, 5.41) is -0.792. The molecular formula is C14H15BrClNO3S. The van der Waals surface area contributed by atoms with Gasteiger partial charge in [0.05, 0.1) is 5.54 Å². The Hall–Kier alpha value is -0.590. The van der Waals surface area contributed by atoms with Crippen molar-refractivity contribution in [1.82, 2.24) is 4.90 Å². The summed E-state index contributed by atoms with van der Waals surface area (Å²) in [5.41, 5.74) is 0.714. The predicted molar refractivity (Wildman–Crippen MR) is 84.6 cm³/mol. The number of carbonyl (C=O) groups excluding carboxylic acids is 1. The maximum atomic E-state index is 12.3. The molecule has 1 aromatic carbocycles. The van der Waals surface area contributed by atoms with Crippen LogP contribution in [-0.4, -0.2) is 31.0 Å². The van der Waals surface area contributed by atoms with E-state index in [0.29, 0.717) is 0 Å². The average Bonchev–Trinajstić information content (AvgIpc) is 2.73. The van der Waals surface area contributed by atoms with Crippen LogP contribution in [0.4, 0.5) is 0 Å². The van der Waals surface area contributed by atoms with Crippen molar-refractivity contribution in [3.05, 3.63) is 34.3 Å². The molecule has 4 nitrogen and oxygen atoms in total. The van der Waals surface area contributed by atoms with E-state index >= 15 is 0 Å². The molecule has 114 valence electrons. The third-order valence-corrected chi connectivity index (χ3v) is 6.96. The van der Waals surface area contributed by atoms with Crippen LogP contribution in [0.15, 0.2) is 28.7 Å². The standard InChI is InChI=1S/C14H15BrClNO3S/c15-11-4-2-10(3-5-11)14(6-1-7-14)17-9-12(8-13(17)18)21(16,19)20/h2-5,12H,1,6-9H2. The second-order valence-corrected chi connectivity index (χ2v) is 9.52. The first-order chi connectivity index (χ1) is 9.83. The molecule has 0 bridgehead atoms. The first kappa shape index (κ1) is 15.3. The lowest BCUT2D eigenvalue weighted by Gasteiger charge is -2.49. The smallest absolute Gasteiger partial charge is 0.237 e. The number of nitrogens with zero attached hydrogens (tertiary/aromatic N) is 1. The summed E-state index contributed by atoms with van der Waals surface area (Å²) in [6.07, 6.45) is 2.77. The van der Waals surface area contributed by atoms with E-state index < -0.39 is 14.3 Å². The van der Waals surface area contributed by atoms with Crippen molar-refractivity contribution in [3.63, 3.8) is 0 Å². The van der Waals surface area contributed by atoms with Crippen LogP contribution in [0.5, 0.6) is 0 Å². The van der Waals surface area contributed by atoms with Crippen LogP contribution in [0.25, 0.3) is 0 Å². The number of amides is 1. The minimum Gasteiger partial charge on any atom is -0.332 e. The van der Waals surface area contributed by atoms with Crippen LogP contribution >= 0.6 is 26.6 Å². The zero-order valence-corrected chi connectivity index (χ0v) is 14.4. The highest BCUT2D eigenvalue weighted by Crippen LogP contribution is 2.49. The van der Waals surface area contributed by atoms with Crippen molar-refractivity contribution in [1.29, 1.82) is 0 Å². The summed E-state index contributed by atoms with van der Waals surface area (Å²) in [7, 11) is 1.74. The fourth-order valence-corrected chi connectivity index (χ4v) is 4.55. The third-order valence-electron chi connectivity index (χ3n) is 4.57. The van der Waals surface area contributed by atoms with Crippen LogP contribution in [0.1, 0.15) is 31.2 Å². The molecule has 3 rings (SSSR count). The number of carbonyl (C=O) groups is 1. The summed E-state index contributed by atoms with van der Waals surface area (Å²) in [5.74, 6) is -0.119. The van der Waals surface area contributed by atoms with Gasteiger partial charge in [0.25, 0.3) is 0 Å². The van der Waals surface area contributed by atoms with Crippen LogP contribution in [0.2, 0.25) is 0 Å². The lowest BCUT2D eigenvalue weighted by atomic mass is 9.70. The van der Waals surface area contributed by atoms with Crippen molar-refractivity contribution < 1.29 is 13.2 Å². The van der Waals surface area contributed by atoms with E-state index in [2.05, 4.69) is 15.9 Å². The quantitative estimate of drug-likeness (QED) is 0.743. The molecule has 1 aromatic rings. The van der Waals surface area contributed by atoms with Gasteiger partial charge in [-0.3, -0.25) is 4.79 Å². The Morgan fingerprint density at radius 1 is 1.24 bits per heavy atom. The van der Waals surface area contributed by atoms with E-state index in [0.717, 1.165) is 29.3 Å². The van der Waals surface area contributed by atoms with Crippen molar-refractivity contribution in [2.75, 3.05) is 6.54 Å². The molecule has 0 N–H and O–H groups in total. The van der Waals surface area contributed by atoms with Crippen LogP contribution in [0, 0.1) is 0 Å². The maximum absolute atomic E-state index is 12.3. The molecule has 21 heavy (non-hydrogen) atoms. The number of rotatable bonds is 3. The van der Waals surface area contributed by atoms with E-state index in [-0.39, 0.29) is 24.4 Å². The van der Waals surface area contributed by atoms with Crippen LogP contribution < -0.4 is 0 Å². The van der Waals surface area contributed by atoms with E-state index in [1.807, 2.05) is 24.3 Å². The number of benzene rings is 1. The highest BCUT2D eigenvalue weighted by molar-refractivity contribution is 9.10. The fourth-order valence-electron chi connectivity index (χ4n) is 3.26. The summed E-state index contributed by atoms with van der Waals surface area (Å²) in [4.78, 5) is 14.0. The Kier molecular flexibility index (Phi) is 3.83. The second kappa shape index (κ2) is 5.25. The van der Waals surface area contributed by atoms with Gasteiger partial charge in [-0.2, -0.15) is 0 Å². The highest BCUT2D eigenvalue weighted by Gasteiger charge is 2.51. The Bertz CT molecular complexity index is 670. The zero-order valence-electron chi connectivity index (χ0n) is 11.3. The Labute approximate surface area is 137 Å². The molecule has 1 unspecified atom stereocenters. The minimum absolute atomic E-state index is 0.00981. The van der Waals surface area contributed by atoms with Crippen LogP contribution in [-0.2, 0) is 19.4 Å². The SMILES string of the molecule is O=C1CC(S(=O)(=O)Cl)CN1C1(c2ccc(Br)cc2)CCC1. The highest BCUT2D eigenvalue weighted by atomic mass is 79.9. The van der Waals surface area contributed by atoms with E-state index in [1.165, 1.54) is 0 Å². The normalized spacial score (nSPS) is 25.0. The van der Waals surface area contributed by atoms with Gasteiger partial charge in [0.15, 0.2) is 0 Å². The summed E-state index contributed by atoms with van der Waals surface area (Å²) >= 11 is 3.41. The van der Waals surface area contributed by atoms with Gasteiger partial charge in [0, 0.05) is 28.1 Å². The van der Waals surface area contributed by atoms with Gasteiger partial charge in [0.1, 0.15) is 5.25 Å². The molecule has 1 atom stereocenters. The zero-order chi connectivity index (χ0) is 15.3. The van der Waals surface area contributed by atoms with Gasteiger partial charge < -0.3 is 4.90 Å². The van der Waals surface area contributed by atoms with Gasteiger partial charge in [0.2, 0.25) is 15.0 Å². The molecule has 1 aliphatic heterocycles. The van der Waals surface area contributed by atoms with Gasteiger partial charge in [-0.1, -0.05) is 28.1 Å². The molecule has 0 radical (unpaired) electrons. The fraction of sp³-hybridized carbons (Fsp3) is 0.500. The molecule has 7 heteroatoms. The molecule has 1 heterocycles. The third kappa shape index (κ3) is 2.62. The Morgan fingerprint density at radius 3 is 2.29 bits per heavy atom. The maximum Gasteiger partial charge on any atom is 0.237 e. The number of halogens is 2. The van der Waals surface area contributed by atoms with Gasteiger partial charge in [-0.25, -0.2) is 8.42 Å². The molecule has 1 aliphatic carbocycles. The number of likely N-dealkylation sites (tertiary alicyclic amines) is 1. The van der Waals surface area contributed by atoms with Crippen molar-refractivity contribution in [3.8, 4) is 0 Å². The first-order valence-corrected chi connectivity index (χ1v) is 9.99. The molecular weight excluding hydrogens is 378 g/mol. The topological polar surface area (TPSA) is 54.5 Å². The van der Waals surface area contributed by atoms with Crippen LogP contribution in [0.3, 0.4) is 0 Å². The second-order valence-electron chi connectivity index (χ2n) is 5.70. The number of hydrogen-bond donors (Lipinski definition) is 0. The first-order valence-electron chi connectivity index (χ1n) is 6.83. The Balaban J connectivity index is 1.93. The van der Waals surface area contributed by atoms with E-state index in [9.17, 15) is 13.2 Å². The molecule has 1 amide bonds. The predicted octanol–water partition coefficient (Wildman–Crippen LogP) is 3.00. The van der Waals surface area contributed by atoms with E-state index in [4.69, 9.17) is 10.7 Å². The molecule has 0 aromatic heterocycles. The lowest BCUT2D eigenvalue weighted by Crippen LogP contribution is -2.52. The number of hydrogen-bond acceptors (Lipinski definition) is 3. The molecule has 2 fully saturated rings. The minimum atomic E-state index is -3.70. The Morgan fingerprint density at radius 2 is 1.86 bits per heavy atom. The van der Waals surface area contributed by atoms with Gasteiger partial charge in [-0.05, 0) is 37.0 Å². The monoisotopic (exact) mass is 391 g/mol. The van der Waals surface area contributed by atoms with E-state index in [1.54, 1.807) is 4.90 Å².